The topological polar surface area (TPSA) is 46.6 Å². The van der Waals surface area contributed by atoms with Crippen molar-refractivity contribution in [2.24, 2.45) is 0 Å². The van der Waals surface area contributed by atoms with Gasteiger partial charge in [0.25, 0.3) is 0 Å². The average molecular weight is 315 g/mol. The van der Waals surface area contributed by atoms with E-state index < -0.39 is 0 Å². The molecule has 0 aromatic heterocycles. The second-order valence-electron chi connectivity index (χ2n) is 5.80. The Morgan fingerprint density at radius 3 is 2.61 bits per heavy atom. The Morgan fingerprint density at radius 1 is 1.13 bits per heavy atom. The quantitative estimate of drug-likeness (QED) is 0.303. The minimum atomic E-state index is -0.179. The zero-order valence-corrected chi connectivity index (χ0v) is 13.8. The van der Waals surface area contributed by atoms with E-state index in [0.717, 1.165) is 31.6 Å². The lowest BCUT2D eigenvalue weighted by Crippen LogP contribution is -2.19. The molecule has 0 fully saturated rings. The highest BCUT2D eigenvalue weighted by molar-refractivity contribution is 5.96. The van der Waals surface area contributed by atoms with Crippen LogP contribution in [0.4, 0.5) is 0 Å². The van der Waals surface area contributed by atoms with Gasteiger partial charge in [-0.15, -0.1) is 0 Å². The molecule has 0 saturated carbocycles. The van der Waals surface area contributed by atoms with E-state index in [9.17, 15) is 9.59 Å². The number of ketones is 1. The van der Waals surface area contributed by atoms with E-state index in [1.165, 1.54) is 5.56 Å². The number of hydrogen-bond acceptors (Lipinski definition) is 4. The van der Waals surface area contributed by atoms with Crippen LogP contribution < -0.4 is 0 Å². The van der Waals surface area contributed by atoms with Gasteiger partial charge in [0.2, 0.25) is 0 Å². The first-order valence-electron chi connectivity index (χ1n) is 8.34. The van der Waals surface area contributed by atoms with Gasteiger partial charge in [0.15, 0.2) is 5.78 Å². The molecule has 23 heavy (non-hydrogen) atoms. The Bertz CT molecular complexity index is 557. The van der Waals surface area contributed by atoms with Crippen LogP contribution in [-0.2, 0) is 16.1 Å². The summed E-state index contributed by atoms with van der Waals surface area (Å²) in [5.41, 5.74) is 1.94. The molecule has 1 aromatic carbocycles. The van der Waals surface area contributed by atoms with E-state index in [1.807, 2.05) is 18.2 Å². The average Bonchev–Trinajstić information content (AvgIpc) is 3.05. The summed E-state index contributed by atoms with van der Waals surface area (Å²) < 4.78 is 4.88. The molecule has 0 spiro atoms. The van der Waals surface area contributed by atoms with E-state index in [0.29, 0.717) is 25.9 Å². The fourth-order valence-corrected chi connectivity index (χ4v) is 2.68. The molecule has 0 saturated heterocycles. The fraction of sp³-hybridized carbons (Fsp3) is 0.474. The molecule has 0 aliphatic carbocycles. The van der Waals surface area contributed by atoms with Crippen molar-refractivity contribution in [2.75, 3.05) is 19.7 Å². The molecule has 1 aromatic rings. The van der Waals surface area contributed by atoms with E-state index in [1.54, 1.807) is 6.92 Å². The number of Topliss-reactive ketones (excluding diaryl/α,β-unsaturated/α-hetero) is 1. The molecule has 0 unspecified atom stereocenters. The first-order valence-corrected chi connectivity index (χ1v) is 8.34. The van der Waals surface area contributed by atoms with Crippen LogP contribution in [-0.4, -0.2) is 36.3 Å². The molecule has 0 N–H and O–H groups in total. The monoisotopic (exact) mass is 315 g/mol. The van der Waals surface area contributed by atoms with Crippen LogP contribution >= 0.6 is 0 Å². The smallest absolute Gasteiger partial charge is 0.305 e. The third-order valence-electron chi connectivity index (χ3n) is 3.89. The van der Waals surface area contributed by atoms with Crippen molar-refractivity contribution < 1.29 is 14.3 Å². The molecule has 0 amide bonds. The zero-order chi connectivity index (χ0) is 16.5. The number of carbonyl (C=O) groups excluding carboxylic acids is 2. The summed E-state index contributed by atoms with van der Waals surface area (Å²) in [5.74, 6) is -0.0311. The summed E-state index contributed by atoms with van der Waals surface area (Å²) in [5, 5.41) is 0. The first kappa shape index (κ1) is 17.4. The van der Waals surface area contributed by atoms with Gasteiger partial charge in [-0.2, -0.15) is 0 Å². The third-order valence-corrected chi connectivity index (χ3v) is 3.89. The second kappa shape index (κ2) is 9.26. The minimum Gasteiger partial charge on any atom is -0.466 e. The Labute approximate surface area is 138 Å². The van der Waals surface area contributed by atoms with Crippen LogP contribution in [0.15, 0.2) is 36.4 Å². The van der Waals surface area contributed by atoms with Crippen LogP contribution in [0, 0.1) is 0 Å². The Hall–Kier alpha value is -1.94. The van der Waals surface area contributed by atoms with Gasteiger partial charge in [-0.3, -0.25) is 14.5 Å². The highest BCUT2D eigenvalue weighted by atomic mass is 16.5. The molecular weight excluding hydrogens is 290 g/mol. The number of rotatable bonds is 9. The first-order chi connectivity index (χ1) is 11.2. The van der Waals surface area contributed by atoms with Crippen LogP contribution in [0.25, 0.3) is 0 Å². The van der Waals surface area contributed by atoms with Crippen molar-refractivity contribution in [1.29, 1.82) is 0 Å². The molecule has 0 radical (unpaired) electrons. The SMILES string of the molecule is CCOC(=O)CCCCC(=O)c1cccc(CN2CC=CC2)c1. The standard InChI is InChI=1S/C19H25NO3/c1-2-23-19(22)11-4-3-10-18(21)17-9-7-8-16(14-17)15-20-12-5-6-13-20/h5-9,14H,2-4,10-13,15H2,1H3. The van der Waals surface area contributed by atoms with Crippen molar-refractivity contribution in [3.8, 4) is 0 Å². The lowest BCUT2D eigenvalue weighted by atomic mass is 10.0. The van der Waals surface area contributed by atoms with Gasteiger partial charge in [0.05, 0.1) is 6.61 Å². The lowest BCUT2D eigenvalue weighted by Gasteiger charge is -2.15. The summed E-state index contributed by atoms with van der Waals surface area (Å²) in [6, 6.07) is 7.88. The second-order valence-corrected chi connectivity index (χ2v) is 5.80. The largest absolute Gasteiger partial charge is 0.466 e. The van der Waals surface area contributed by atoms with Crippen molar-refractivity contribution in [3.05, 3.63) is 47.5 Å². The Balaban J connectivity index is 1.76. The molecule has 1 aliphatic rings. The lowest BCUT2D eigenvalue weighted by molar-refractivity contribution is -0.143. The molecule has 4 nitrogen and oxygen atoms in total. The predicted molar refractivity (Wildman–Crippen MR) is 90.3 cm³/mol. The number of ether oxygens (including phenoxy) is 1. The minimum absolute atomic E-state index is 0.148. The highest BCUT2D eigenvalue weighted by Gasteiger charge is 2.10. The van der Waals surface area contributed by atoms with Gasteiger partial charge in [0.1, 0.15) is 0 Å². The molecule has 4 heteroatoms. The van der Waals surface area contributed by atoms with Crippen LogP contribution in [0.5, 0.6) is 0 Å². The fourth-order valence-electron chi connectivity index (χ4n) is 2.68. The molecule has 0 atom stereocenters. The normalized spacial score (nSPS) is 14.1. The molecule has 1 heterocycles. The van der Waals surface area contributed by atoms with Crippen LogP contribution in [0.1, 0.15) is 48.5 Å². The molecule has 0 bridgehead atoms. The summed E-state index contributed by atoms with van der Waals surface area (Å²) >= 11 is 0. The summed E-state index contributed by atoms with van der Waals surface area (Å²) in [6.07, 6.45) is 6.62. The summed E-state index contributed by atoms with van der Waals surface area (Å²) in [6.45, 7) is 5.04. The maximum atomic E-state index is 12.3. The van der Waals surface area contributed by atoms with Gasteiger partial charge in [-0.05, 0) is 31.4 Å². The number of benzene rings is 1. The van der Waals surface area contributed by atoms with E-state index in [4.69, 9.17) is 4.74 Å². The molecule has 124 valence electrons. The maximum Gasteiger partial charge on any atom is 0.305 e. The molecule has 1 aliphatic heterocycles. The van der Waals surface area contributed by atoms with E-state index >= 15 is 0 Å². The van der Waals surface area contributed by atoms with Crippen LogP contribution in [0.3, 0.4) is 0 Å². The van der Waals surface area contributed by atoms with Crippen molar-refractivity contribution in [3.63, 3.8) is 0 Å². The molecule has 2 rings (SSSR count). The number of hydrogen-bond donors (Lipinski definition) is 0. The van der Waals surface area contributed by atoms with Gasteiger partial charge >= 0.3 is 5.97 Å². The highest BCUT2D eigenvalue weighted by Crippen LogP contribution is 2.14. The van der Waals surface area contributed by atoms with Crippen LogP contribution in [0.2, 0.25) is 0 Å². The number of carbonyl (C=O) groups is 2. The van der Waals surface area contributed by atoms with Crippen molar-refractivity contribution >= 4 is 11.8 Å². The van der Waals surface area contributed by atoms with Gasteiger partial charge in [-0.25, -0.2) is 0 Å². The maximum absolute atomic E-state index is 12.3. The summed E-state index contributed by atoms with van der Waals surface area (Å²) in [7, 11) is 0. The summed E-state index contributed by atoms with van der Waals surface area (Å²) in [4.78, 5) is 25.8. The van der Waals surface area contributed by atoms with Crippen molar-refractivity contribution in [1.82, 2.24) is 4.90 Å². The number of unbranched alkanes of at least 4 members (excludes halogenated alkanes) is 1. The van der Waals surface area contributed by atoms with Crippen molar-refractivity contribution in [2.45, 2.75) is 39.2 Å². The van der Waals surface area contributed by atoms with Gasteiger partial charge < -0.3 is 4.74 Å². The zero-order valence-electron chi connectivity index (χ0n) is 13.8. The van der Waals surface area contributed by atoms with Gasteiger partial charge in [-0.1, -0.05) is 30.4 Å². The van der Waals surface area contributed by atoms with E-state index in [2.05, 4.69) is 23.1 Å². The Kier molecular flexibility index (Phi) is 7.01. The predicted octanol–water partition coefficient (Wildman–Crippen LogP) is 3.36. The third kappa shape index (κ3) is 5.99. The number of nitrogens with zero attached hydrogens (tertiary/aromatic N) is 1. The number of esters is 1. The molecular formula is C19H25NO3. The van der Waals surface area contributed by atoms with E-state index in [-0.39, 0.29) is 11.8 Å². The Morgan fingerprint density at radius 2 is 1.87 bits per heavy atom. The van der Waals surface area contributed by atoms with Gasteiger partial charge in [0, 0.05) is 38.0 Å².